The van der Waals surface area contributed by atoms with Gasteiger partial charge in [-0.1, -0.05) is 6.07 Å². The van der Waals surface area contributed by atoms with Crippen molar-refractivity contribution in [2.75, 3.05) is 18.1 Å². The summed E-state index contributed by atoms with van der Waals surface area (Å²) < 4.78 is 0. The Morgan fingerprint density at radius 2 is 2.33 bits per heavy atom. The average molecular weight is 202 g/mol. The van der Waals surface area contributed by atoms with Gasteiger partial charge < -0.3 is 5.11 Å². The Bertz CT molecular complexity index is 184. The summed E-state index contributed by atoms with van der Waals surface area (Å²) >= 11 is 3.75. The predicted octanol–water partition coefficient (Wildman–Crippen LogP) is 2.41. The van der Waals surface area contributed by atoms with Gasteiger partial charge in [0.1, 0.15) is 0 Å². The van der Waals surface area contributed by atoms with Gasteiger partial charge >= 0.3 is 0 Å². The van der Waals surface area contributed by atoms with Crippen LogP contribution < -0.4 is 0 Å². The van der Waals surface area contributed by atoms with Gasteiger partial charge in [-0.3, -0.25) is 0 Å². The van der Waals surface area contributed by atoms with Crippen LogP contribution in [-0.2, 0) is 6.42 Å². The normalized spacial score (nSPS) is 10.4. The van der Waals surface area contributed by atoms with Crippen molar-refractivity contribution < 1.29 is 5.11 Å². The highest BCUT2D eigenvalue weighted by Gasteiger charge is 1.93. The fraction of sp³-hybridized carbons (Fsp3) is 0.556. The van der Waals surface area contributed by atoms with Gasteiger partial charge in [0, 0.05) is 11.5 Å². The second-order valence-electron chi connectivity index (χ2n) is 2.52. The van der Waals surface area contributed by atoms with E-state index in [1.54, 1.807) is 0 Å². The monoisotopic (exact) mass is 202 g/mol. The molecule has 0 aliphatic carbocycles. The van der Waals surface area contributed by atoms with Crippen molar-refractivity contribution in [1.82, 2.24) is 0 Å². The van der Waals surface area contributed by atoms with Gasteiger partial charge in [0.05, 0.1) is 0 Å². The predicted molar refractivity (Wildman–Crippen MR) is 57.1 cm³/mol. The number of aliphatic hydroxyl groups excluding tert-OH is 1. The lowest BCUT2D eigenvalue weighted by molar-refractivity contribution is 0.296. The molecule has 1 N–H and O–H groups in total. The van der Waals surface area contributed by atoms with Crippen molar-refractivity contribution in [3.05, 3.63) is 22.4 Å². The molecule has 0 bridgehead atoms. The van der Waals surface area contributed by atoms with Gasteiger partial charge in [0.25, 0.3) is 0 Å². The first kappa shape index (κ1) is 10.1. The fourth-order valence-electron chi connectivity index (χ4n) is 0.896. The number of hydrogen-bond donors (Lipinski definition) is 1. The Balaban J connectivity index is 1.96. The first-order valence-corrected chi connectivity index (χ1v) is 6.18. The van der Waals surface area contributed by atoms with Crippen molar-refractivity contribution in [3.8, 4) is 0 Å². The molecule has 0 spiro atoms. The molecular weight excluding hydrogens is 188 g/mol. The summed E-state index contributed by atoms with van der Waals surface area (Å²) in [6.45, 7) is 0.325. The second-order valence-corrected chi connectivity index (χ2v) is 4.78. The molecule has 0 amide bonds. The maximum Gasteiger partial charge on any atom is 0.0438 e. The zero-order valence-electron chi connectivity index (χ0n) is 7.03. The highest BCUT2D eigenvalue weighted by atomic mass is 32.2. The van der Waals surface area contributed by atoms with Gasteiger partial charge in [-0.05, 0) is 35.8 Å². The third-order valence-electron chi connectivity index (χ3n) is 1.52. The van der Waals surface area contributed by atoms with Crippen LogP contribution in [0.2, 0.25) is 0 Å². The first-order valence-electron chi connectivity index (χ1n) is 4.14. The lowest BCUT2D eigenvalue weighted by atomic mass is 10.4. The Morgan fingerprint density at radius 3 is 3.00 bits per heavy atom. The molecule has 0 saturated heterocycles. The summed E-state index contributed by atoms with van der Waals surface area (Å²) in [5, 5.41) is 10.7. The standard InChI is InChI=1S/C9H14OS2/c10-5-2-6-11-8-4-9-3-1-7-12-9/h1,3,7,10H,2,4-6,8H2. The molecule has 3 heteroatoms. The van der Waals surface area contributed by atoms with E-state index in [2.05, 4.69) is 17.5 Å². The molecular formula is C9H14OS2. The van der Waals surface area contributed by atoms with Crippen LogP contribution in [0.3, 0.4) is 0 Å². The number of aliphatic hydroxyl groups is 1. The minimum Gasteiger partial charge on any atom is -0.396 e. The molecule has 0 fully saturated rings. The topological polar surface area (TPSA) is 20.2 Å². The van der Waals surface area contributed by atoms with Crippen molar-refractivity contribution in [3.63, 3.8) is 0 Å². The summed E-state index contributed by atoms with van der Waals surface area (Å²) in [5.74, 6) is 2.27. The molecule has 0 radical (unpaired) electrons. The molecule has 0 atom stereocenters. The molecule has 1 rings (SSSR count). The van der Waals surface area contributed by atoms with Crippen LogP contribution in [0.5, 0.6) is 0 Å². The average Bonchev–Trinajstić information content (AvgIpc) is 2.57. The highest BCUT2D eigenvalue weighted by molar-refractivity contribution is 7.99. The van der Waals surface area contributed by atoms with Gasteiger partial charge in [-0.15, -0.1) is 11.3 Å². The third kappa shape index (κ3) is 4.14. The largest absolute Gasteiger partial charge is 0.396 e. The van der Waals surface area contributed by atoms with E-state index in [0.29, 0.717) is 6.61 Å². The van der Waals surface area contributed by atoms with Crippen molar-refractivity contribution in [2.24, 2.45) is 0 Å². The summed E-state index contributed by atoms with van der Waals surface area (Å²) in [6, 6.07) is 4.27. The van der Waals surface area contributed by atoms with Crippen LogP contribution in [0.4, 0.5) is 0 Å². The number of thiophene rings is 1. The van der Waals surface area contributed by atoms with Crippen molar-refractivity contribution >= 4 is 23.1 Å². The maximum atomic E-state index is 8.54. The van der Waals surface area contributed by atoms with Crippen LogP contribution in [0.1, 0.15) is 11.3 Å². The quantitative estimate of drug-likeness (QED) is 0.715. The van der Waals surface area contributed by atoms with E-state index < -0.39 is 0 Å². The van der Waals surface area contributed by atoms with Gasteiger partial charge in [-0.2, -0.15) is 11.8 Å². The fourth-order valence-corrected chi connectivity index (χ4v) is 2.64. The van der Waals surface area contributed by atoms with Gasteiger partial charge in [-0.25, -0.2) is 0 Å². The minimum atomic E-state index is 0.325. The van der Waals surface area contributed by atoms with Gasteiger partial charge in [0.15, 0.2) is 0 Å². The van der Waals surface area contributed by atoms with Gasteiger partial charge in [0.2, 0.25) is 0 Å². The molecule has 1 aromatic heterocycles. The minimum absolute atomic E-state index is 0.325. The third-order valence-corrected chi connectivity index (χ3v) is 3.53. The molecule has 0 unspecified atom stereocenters. The van der Waals surface area contributed by atoms with E-state index in [0.717, 1.165) is 12.2 Å². The maximum absolute atomic E-state index is 8.54. The SMILES string of the molecule is OCCCSCCc1cccs1. The molecule has 0 aromatic carbocycles. The van der Waals surface area contributed by atoms with E-state index >= 15 is 0 Å². The summed E-state index contributed by atoms with van der Waals surface area (Å²) in [4.78, 5) is 1.46. The lowest BCUT2D eigenvalue weighted by Crippen LogP contribution is -1.89. The van der Waals surface area contributed by atoms with E-state index in [9.17, 15) is 0 Å². The zero-order chi connectivity index (χ0) is 8.65. The second kappa shape index (κ2) is 6.52. The number of thioether (sulfide) groups is 1. The lowest BCUT2D eigenvalue weighted by Gasteiger charge is -1.97. The summed E-state index contributed by atoms with van der Waals surface area (Å²) in [7, 11) is 0. The van der Waals surface area contributed by atoms with Crippen LogP contribution >= 0.6 is 23.1 Å². The Kier molecular flexibility index (Phi) is 5.48. The molecule has 0 aliphatic rings. The Hall–Kier alpha value is 0.01000. The van der Waals surface area contributed by atoms with Crippen LogP contribution in [-0.4, -0.2) is 23.2 Å². The molecule has 1 aromatic rings. The molecule has 1 heterocycles. The smallest absolute Gasteiger partial charge is 0.0438 e. The number of aryl methyl sites for hydroxylation is 1. The van der Waals surface area contributed by atoms with Crippen molar-refractivity contribution in [1.29, 1.82) is 0 Å². The molecule has 12 heavy (non-hydrogen) atoms. The summed E-state index contributed by atoms with van der Waals surface area (Å²) in [6.07, 6.45) is 2.10. The molecule has 0 saturated carbocycles. The van der Waals surface area contributed by atoms with E-state index in [1.807, 2.05) is 23.1 Å². The van der Waals surface area contributed by atoms with Crippen molar-refractivity contribution in [2.45, 2.75) is 12.8 Å². The Morgan fingerprint density at radius 1 is 1.42 bits per heavy atom. The van der Waals surface area contributed by atoms with E-state index in [4.69, 9.17) is 5.11 Å². The molecule has 1 nitrogen and oxygen atoms in total. The first-order chi connectivity index (χ1) is 5.93. The Labute approximate surface area is 81.8 Å². The van der Waals surface area contributed by atoms with E-state index in [-0.39, 0.29) is 0 Å². The highest BCUT2D eigenvalue weighted by Crippen LogP contribution is 2.12. The molecule has 0 aliphatic heterocycles. The van der Waals surface area contributed by atoms with E-state index in [1.165, 1.54) is 17.1 Å². The van der Waals surface area contributed by atoms with Crippen LogP contribution in [0.15, 0.2) is 17.5 Å². The van der Waals surface area contributed by atoms with Crippen LogP contribution in [0, 0.1) is 0 Å². The zero-order valence-corrected chi connectivity index (χ0v) is 8.66. The summed E-state index contributed by atoms with van der Waals surface area (Å²) in [5.41, 5.74) is 0. The molecule has 68 valence electrons. The number of hydrogen-bond acceptors (Lipinski definition) is 3. The van der Waals surface area contributed by atoms with Crippen LogP contribution in [0.25, 0.3) is 0 Å². The number of rotatable bonds is 6.